The number of hydrogen-bond acceptors (Lipinski definition) is 4. The standard InChI is InChI=1S/C25H27FN4O2/c1-15-23(16(2)32-29-15)19-10-21-24(28-12-19)20(18-4-5-22(31)27-11-18)14-30(21)13-17-6-8-25(3,26)9-7-17/h4-5,10-12,14,17H,6-9,13H2,1-3H3,(H,27,31). The molecule has 1 saturated carbocycles. The predicted octanol–water partition coefficient (Wildman–Crippen LogP) is 5.58. The Bertz CT molecular complexity index is 1300. The molecule has 1 aliphatic rings. The van der Waals surface area contributed by atoms with E-state index in [1.54, 1.807) is 13.1 Å². The molecule has 0 radical (unpaired) electrons. The molecule has 32 heavy (non-hydrogen) atoms. The van der Waals surface area contributed by atoms with Gasteiger partial charge in [-0.15, -0.1) is 0 Å². The number of pyridine rings is 2. The van der Waals surface area contributed by atoms with Crippen molar-refractivity contribution in [2.24, 2.45) is 5.92 Å². The number of fused-ring (bicyclic) bond motifs is 1. The number of aromatic nitrogens is 4. The Morgan fingerprint density at radius 1 is 1.25 bits per heavy atom. The zero-order valence-electron chi connectivity index (χ0n) is 18.6. The maximum atomic E-state index is 14.3. The molecule has 4 aromatic heterocycles. The van der Waals surface area contributed by atoms with Crippen molar-refractivity contribution in [2.45, 2.75) is 58.7 Å². The maximum Gasteiger partial charge on any atom is 0.247 e. The molecule has 4 aromatic rings. The zero-order valence-corrected chi connectivity index (χ0v) is 18.6. The molecule has 166 valence electrons. The van der Waals surface area contributed by atoms with E-state index in [4.69, 9.17) is 9.51 Å². The average Bonchev–Trinajstić information content (AvgIpc) is 3.29. The van der Waals surface area contributed by atoms with Gasteiger partial charge in [-0.1, -0.05) is 5.16 Å². The van der Waals surface area contributed by atoms with E-state index >= 15 is 0 Å². The molecular weight excluding hydrogens is 407 g/mol. The van der Waals surface area contributed by atoms with Gasteiger partial charge in [-0.05, 0) is 64.5 Å². The molecule has 0 spiro atoms. The number of rotatable bonds is 4. The lowest BCUT2D eigenvalue weighted by Crippen LogP contribution is -2.27. The summed E-state index contributed by atoms with van der Waals surface area (Å²) in [5, 5.41) is 4.08. The summed E-state index contributed by atoms with van der Waals surface area (Å²) in [5.74, 6) is 1.18. The molecule has 6 nitrogen and oxygen atoms in total. The van der Waals surface area contributed by atoms with Crippen LogP contribution >= 0.6 is 0 Å². The first-order valence-corrected chi connectivity index (χ1v) is 11.1. The lowest BCUT2D eigenvalue weighted by Gasteiger charge is -2.31. The Balaban J connectivity index is 1.60. The average molecular weight is 435 g/mol. The lowest BCUT2D eigenvalue weighted by atomic mass is 9.81. The summed E-state index contributed by atoms with van der Waals surface area (Å²) < 4.78 is 21.9. The van der Waals surface area contributed by atoms with Gasteiger partial charge in [0.25, 0.3) is 0 Å². The second kappa shape index (κ2) is 7.73. The van der Waals surface area contributed by atoms with Gasteiger partial charge in [-0.3, -0.25) is 9.78 Å². The number of alkyl halides is 1. The topological polar surface area (TPSA) is 76.7 Å². The van der Waals surface area contributed by atoms with Gasteiger partial charge in [0.2, 0.25) is 5.56 Å². The fourth-order valence-electron chi connectivity index (χ4n) is 4.88. The third-order valence-corrected chi connectivity index (χ3v) is 6.74. The van der Waals surface area contributed by atoms with E-state index in [-0.39, 0.29) is 5.56 Å². The Morgan fingerprint density at radius 2 is 2.03 bits per heavy atom. The van der Waals surface area contributed by atoms with Crippen molar-refractivity contribution >= 4 is 11.0 Å². The summed E-state index contributed by atoms with van der Waals surface area (Å²) in [5.41, 5.74) is 5.33. The molecule has 0 atom stereocenters. The molecule has 0 aromatic carbocycles. The number of aromatic amines is 1. The minimum atomic E-state index is -1.05. The summed E-state index contributed by atoms with van der Waals surface area (Å²) in [6, 6.07) is 5.48. The van der Waals surface area contributed by atoms with Crippen molar-refractivity contribution in [2.75, 3.05) is 0 Å². The van der Waals surface area contributed by atoms with Crippen LogP contribution in [0.2, 0.25) is 0 Å². The van der Waals surface area contributed by atoms with Crippen LogP contribution in [0.25, 0.3) is 33.3 Å². The first-order valence-electron chi connectivity index (χ1n) is 11.1. The number of aryl methyl sites for hydroxylation is 2. The highest BCUT2D eigenvalue weighted by atomic mass is 19.1. The first kappa shape index (κ1) is 20.7. The summed E-state index contributed by atoms with van der Waals surface area (Å²) >= 11 is 0. The fourth-order valence-corrected chi connectivity index (χ4v) is 4.88. The van der Waals surface area contributed by atoms with E-state index in [0.717, 1.165) is 64.1 Å². The van der Waals surface area contributed by atoms with Gasteiger partial charge < -0.3 is 14.1 Å². The Kier molecular flexibility index (Phi) is 4.99. The number of H-pyrrole nitrogens is 1. The highest BCUT2D eigenvalue weighted by Gasteiger charge is 2.31. The van der Waals surface area contributed by atoms with Gasteiger partial charge in [0.05, 0.1) is 16.7 Å². The van der Waals surface area contributed by atoms with Crippen molar-refractivity contribution in [3.05, 3.63) is 58.6 Å². The largest absolute Gasteiger partial charge is 0.361 e. The third kappa shape index (κ3) is 3.76. The normalized spacial score (nSPS) is 21.3. The second-order valence-corrected chi connectivity index (χ2v) is 9.28. The van der Waals surface area contributed by atoms with E-state index in [9.17, 15) is 9.18 Å². The fraction of sp³-hybridized carbons (Fsp3) is 0.400. The minimum Gasteiger partial charge on any atom is -0.361 e. The Morgan fingerprint density at radius 3 is 2.69 bits per heavy atom. The molecule has 1 aliphatic carbocycles. The monoisotopic (exact) mass is 434 g/mol. The van der Waals surface area contributed by atoms with Gasteiger partial charge in [0.15, 0.2) is 0 Å². The first-order chi connectivity index (χ1) is 15.3. The second-order valence-electron chi connectivity index (χ2n) is 9.28. The summed E-state index contributed by atoms with van der Waals surface area (Å²) in [6.45, 7) is 6.35. The molecule has 7 heteroatoms. The molecule has 5 rings (SSSR count). The quantitative estimate of drug-likeness (QED) is 0.455. The van der Waals surface area contributed by atoms with Crippen LogP contribution in [0.15, 0.2) is 46.1 Å². The van der Waals surface area contributed by atoms with Crippen LogP contribution in [-0.4, -0.2) is 25.4 Å². The zero-order chi connectivity index (χ0) is 22.5. The van der Waals surface area contributed by atoms with Crippen molar-refractivity contribution in [1.29, 1.82) is 0 Å². The van der Waals surface area contributed by atoms with Gasteiger partial charge in [-0.2, -0.15) is 0 Å². The van der Waals surface area contributed by atoms with Gasteiger partial charge in [0.1, 0.15) is 11.4 Å². The van der Waals surface area contributed by atoms with Crippen LogP contribution in [-0.2, 0) is 6.54 Å². The molecular formula is C25H27FN4O2. The molecule has 0 saturated heterocycles. The molecule has 4 heterocycles. The highest BCUT2D eigenvalue weighted by Crippen LogP contribution is 2.38. The van der Waals surface area contributed by atoms with Crippen molar-refractivity contribution < 1.29 is 8.91 Å². The van der Waals surface area contributed by atoms with Crippen molar-refractivity contribution in [3.63, 3.8) is 0 Å². The van der Waals surface area contributed by atoms with Crippen LogP contribution in [0.4, 0.5) is 4.39 Å². The van der Waals surface area contributed by atoms with Crippen LogP contribution < -0.4 is 5.56 Å². The molecule has 0 amide bonds. The van der Waals surface area contributed by atoms with E-state index in [1.807, 2.05) is 26.1 Å². The van der Waals surface area contributed by atoms with E-state index in [2.05, 4.69) is 27.0 Å². The highest BCUT2D eigenvalue weighted by molar-refractivity contribution is 5.94. The summed E-state index contributed by atoms with van der Waals surface area (Å²) in [7, 11) is 0. The van der Waals surface area contributed by atoms with E-state index in [0.29, 0.717) is 18.8 Å². The Labute approximate surface area is 185 Å². The number of nitrogens with one attached hydrogen (secondary N) is 1. The molecule has 1 N–H and O–H groups in total. The summed E-state index contributed by atoms with van der Waals surface area (Å²) in [4.78, 5) is 19.1. The third-order valence-electron chi connectivity index (χ3n) is 6.74. The SMILES string of the molecule is Cc1noc(C)c1-c1cnc2c(-c3ccc(=O)[nH]c3)cn(CC3CCC(C)(F)CC3)c2c1. The van der Waals surface area contributed by atoms with Gasteiger partial charge >= 0.3 is 0 Å². The van der Waals surface area contributed by atoms with Crippen molar-refractivity contribution in [3.8, 4) is 22.3 Å². The molecule has 0 unspecified atom stereocenters. The predicted molar refractivity (Wildman–Crippen MR) is 122 cm³/mol. The molecule has 1 fully saturated rings. The van der Waals surface area contributed by atoms with Crippen LogP contribution in [0.5, 0.6) is 0 Å². The van der Waals surface area contributed by atoms with E-state index < -0.39 is 5.67 Å². The minimum absolute atomic E-state index is 0.136. The van der Waals surface area contributed by atoms with E-state index in [1.165, 1.54) is 6.07 Å². The lowest BCUT2D eigenvalue weighted by molar-refractivity contribution is 0.0985. The maximum absolute atomic E-state index is 14.3. The number of hydrogen-bond donors (Lipinski definition) is 1. The van der Waals surface area contributed by atoms with Crippen LogP contribution in [0.1, 0.15) is 44.1 Å². The van der Waals surface area contributed by atoms with Gasteiger partial charge in [-0.25, -0.2) is 4.39 Å². The number of halogens is 1. The summed E-state index contributed by atoms with van der Waals surface area (Å²) in [6.07, 6.45) is 8.63. The Hall–Kier alpha value is -3.22. The van der Waals surface area contributed by atoms with Gasteiger partial charge in [0, 0.05) is 53.5 Å². The number of nitrogens with zero attached hydrogens (tertiary/aromatic N) is 3. The van der Waals surface area contributed by atoms with Crippen molar-refractivity contribution in [1.82, 2.24) is 19.7 Å². The smallest absolute Gasteiger partial charge is 0.247 e. The molecule has 0 bridgehead atoms. The van der Waals surface area contributed by atoms with Crippen LogP contribution in [0.3, 0.4) is 0 Å². The van der Waals surface area contributed by atoms with Crippen LogP contribution in [0, 0.1) is 19.8 Å². The molecule has 0 aliphatic heterocycles.